The zero-order chi connectivity index (χ0) is 12.5. The van der Waals surface area contributed by atoms with Crippen molar-refractivity contribution >= 4 is 17.6 Å². The lowest BCUT2D eigenvalue weighted by Crippen LogP contribution is -2.19. The lowest BCUT2D eigenvalue weighted by molar-refractivity contribution is 0.499. The summed E-state index contributed by atoms with van der Waals surface area (Å²) in [6.45, 7) is 1.81. The monoisotopic (exact) mass is 263 g/mol. The fourth-order valence-electron chi connectivity index (χ4n) is 2.29. The zero-order valence-corrected chi connectivity index (χ0v) is 10.8. The third kappa shape index (κ3) is 2.20. The quantitative estimate of drug-likeness (QED) is 0.865. The van der Waals surface area contributed by atoms with Gasteiger partial charge in [-0.1, -0.05) is 29.4 Å². The molecule has 4 nitrogen and oxygen atoms in total. The van der Waals surface area contributed by atoms with Gasteiger partial charge in [0.05, 0.1) is 0 Å². The number of nitrogens with zero attached hydrogens (tertiary/aromatic N) is 2. The van der Waals surface area contributed by atoms with Crippen LogP contribution in [0.25, 0.3) is 0 Å². The molecule has 0 saturated heterocycles. The highest BCUT2D eigenvalue weighted by Gasteiger charge is 2.22. The van der Waals surface area contributed by atoms with Crippen LogP contribution in [0.2, 0.25) is 0 Å². The molecular weight excluding hydrogens is 250 g/mol. The second-order valence-electron chi connectivity index (χ2n) is 4.58. The van der Waals surface area contributed by atoms with Crippen LogP contribution in [0, 0.1) is 0 Å². The number of nitrogens with one attached hydrogen (secondary N) is 1. The summed E-state index contributed by atoms with van der Waals surface area (Å²) in [5.74, 6) is 0.453. The van der Waals surface area contributed by atoms with Gasteiger partial charge in [-0.25, -0.2) is 0 Å². The Kier molecular flexibility index (Phi) is 2.96. The minimum Gasteiger partial charge on any atom is -0.406 e. The summed E-state index contributed by atoms with van der Waals surface area (Å²) in [5.41, 5.74) is 2.78. The molecule has 0 aliphatic heterocycles. The minimum atomic E-state index is -0.256. The van der Waals surface area contributed by atoms with Crippen molar-refractivity contribution < 1.29 is 4.42 Å². The van der Waals surface area contributed by atoms with Gasteiger partial charge < -0.3 is 9.73 Å². The first-order valence-electron chi connectivity index (χ1n) is 6.03. The van der Waals surface area contributed by atoms with Crippen LogP contribution in [-0.4, -0.2) is 16.2 Å². The van der Waals surface area contributed by atoms with Gasteiger partial charge in [0.15, 0.2) is 0 Å². The molecule has 2 aromatic rings. The van der Waals surface area contributed by atoms with Gasteiger partial charge in [-0.15, -0.1) is 16.7 Å². The van der Waals surface area contributed by atoms with Gasteiger partial charge >= 0.3 is 6.01 Å². The Morgan fingerprint density at radius 1 is 1.28 bits per heavy atom. The Bertz CT molecular complexity index is 528. The van der Waals surface area contributed by atoms with E-state index in [1.807, 2.05) is 6.92 Å². The highest BCUT2D eigenvalue weighted by molar-refractivity contribution is 6.20. The molecule has 1 aliphatic carbocycles. The molecule has 94 valence electrons. The molecular formula is C13H14ClN3O. The molecule has 1 aromatic heterocycles. The smallest absolute Gasteiger partial charge is 0.315 e. The summed E-state index contributed by atoms with van der Waals surface area (Å²) in [5, 5.41) is 10.9. The Morgan fingerprint density at radius 3 is 2.50 bits per heavy atom. The van der Waals surface area contributed by atoms with Crippen molar-refractivity contribution in [1.29, 1.82) is 0 Å². The molecule has 1 N–H and O–H groups in total. The number of rotatable bonds is 3. The van der Waals surface area contributed by atoms with Gasteiger partial charge in [0.1, 0.15) is 5.38 Å². The maximum Gasteiger partial charge on any atom is 0.315 e. The predicted molar refractivity (Wildman–Crippen MR) is 69.8 cm³/mol. The summed E-state index contributed by atoms with van der Waals surface area (Å²) in [4.78, 5) is 0. The zero-order valence-electron chi connectivity index (χ0n) is 10.1. The number of aromatic nitrogens is 2. The van der Waals surface area contributed by atoms with E-state index in [-0.39, 0.29) is 5.38 Å². The standard InChI is InChI=1S/C13H14ClN3O/c1-8(14)12-16-17-13(18-12)15-11-6-9-4-2-3-5-10(9)7-11/h2-5,8,11H,6-7H2,1H3,(H,15,17). The van der Waals surface area contributed by atoms with Gasteiger partial charge in [0.25, 0.3) is 0 Å². The number of alkyl halides is 1. The second-order valence-corrected chi connectivity index (χ2v) is 5.23. The molecule has 3 rings (SSSR count). The molecule has 0 saturated carbocycles. The highest BCUT2D eigenvalue weighted by Crippen LogP contribution is 2.25. The van der Waals surface area contributed by atoms with E-state index in [0.29, 0.717) is 17.9 Å². The number of hydrogen-bond donors (Lipinski definition) is 1. The molecule has 1 aromatic carbocycles. The summed E-state index contributed by atoms with van der Waals surface area (Å²) >= 11 is 5.88. The van der Waals surface area contributed by atoms with E-state index < -0.39 is 0 Å². The highest BCUT2D eigenvalue weighted by atomic mass is 35.5. The van der Waals surface area contributed by atoms with Crippen LogP contribution in [-0.2, 0) is 12.8 Å². The summed E-state index contributed by atoms with van der Waals surface area (Å²) in [6, 6.07) is 9.24. The molecule has 1 aliphatic rings. The number of halogens is 1. The first-order valence-corrected chi connectivity index (χ1v) is 6.47. The molecule has 0 bridgehead atoms. The van der Waals surface area contributed by atoms with Gasteiger partial charge in [-0.2, -0.15) is 0 Å². The first kappa shape index (κ1) is 11.5. The van der Waals surface area contributed by atoms with Gasteiger partial charge in [0.2, 0.25) is 5.89 Å². The van der Waals surface area contributed by atoms with E-state index >= 15 is 0 Å². The van der Waals surface area contributed by atoms with Crippen molar-refractivity contribution in [2.75, 3.05) is 5.32 Å². The Balaban J connectivity index is 1.68. The molecule has 0 radical (unpaired) electrons. The molecule has 18 heavy (non-hydrogen) atoms. The molecule has 5 heteroatoms. The number of anilines is 1. The maximum atomic E-state index is 5.88. The molecule has 1 unspecified atom stereocenters. The number of fused-ring (bicyclic) bond motifs is 1. The molecule has 0 spiro atoms. The first-order chi connectivity index (χ1) is 8.72. The van der Waals surface area contributed by atoms with Crippen LogP contribution in [0.1, 0.15) is 29.3 Å². The van der Waals surface area contributed by atoms with Crippen LogP contribution in [0.15, 0.2) is 28.7 Å². The Morgan fingerprint density at radius 2 is 1.94 bits per heavy atom. The molecule has 1 atom stereocenters. The van der Waals surface area contributed by atoms with Crippen molar-refractivity contribution in [2.45, 2.75) is 31.2 Å². The largest absolute Gasteiger partial charge is 0.406 e. The maximum absolute atomic E-state index is 5.88. The van der Waals surface area contributed by atoms with E-state index in [1.165, 1.54) is 11.1 Å². The lowest BCUT2D eigenvalue weighted by Gasteiger charge is -2.08. The van der Waals surface area contributed by atoms with Crippen LogP contribution < -0.4 is 5.32 Å². The summed E-state index contributed by atoms with van der Waals surface area (Å²) in [7, 11) is 0. The van der Waals surface area contributed by atoms with Gasteiger partial charge in [-0.05, 0) is 30.9 Å². The van der Waals surface area contributed by atoms with Crippen molar-refractivity contribution in [1.82, 2.24) is 10.2 Å². The van der Waals surface area contributed by atoms with Crippen molar-refractivity contribution in [2.24, 2.45) is 0 Å². The van der Waals surface area contributed by atoms with Crippen LogP contribution in [0.5, 0.6) is 0 Å². The number of hydrogen-bond acceptors (Lipinski definition) is 4. The predicted octanol–water partition coefficient (Wildman–Crippen LogP) is 2.95. The second kappa shape index (κ2) is 4.61. The Hall–Kier alpha value is -1.55. The Labute approximate surface area is 110 Å². The SMILES string of the molecule is CC(Cl)c1nnc(NC2Cc3ccccc3C2)o1. The van der Waals surface area contributed by atoms with E-state index in [2.05, 4.69) is 39.8 Å². The van der Waals surface area contributed by atoms with E-state index in [4.69, 9.17) is 16.0 Å². The van der Waals surface area contributed by atoms with Crippen LogP contribution in [0.4, 0.5) is 6.01 Å². The van der Waals surface area contributed by atoms with Gasteiger partial charge in [-0.3, -0.25) is 0 Å². The summed E-state index contributed by atoms with van der Waals surface area (Å²) < 4.78 is 5.44. The minimum absolute atomic E-state index is 0.256. The van der Waals surface area contributed by atoms with Crippen molar-refractivity contribution in [3.05, 3.63) is 41.3 Å². The van der Waals surface area contributed by atoms with Crippen molar-refractivity contribution in [3.63, 3.8) is 0 Å². The average molecular weight is 264 g/mol. The normalized spacial score (nSPS) is 16.6. The lowest BCUT2D eigenvalue weighted by atomic mass is 10.1. The number of benzene rings is 1. The topological polar surface area (TPSA) is 51.0 Å². The van der Waals surface area contributed by atoms with Gasteiger partial charge in [0, 0.05) is 6.04 Å². The molecule has 0 amide bonds. The van der Waals surface area contributed by atoms with Crippen LogP contribution in [0.3, 0.4) is 0 Å². The third-order valence-corrected chi connectivity index (χ3v) is 3.35. The van der Waals surface area contributed by atoms with E-state index in [1.54, 1.807) is 0 Å². The van der Waals surface area contributed by atoms with E-state index in [0.717, 1.165) is 12.8 Å². The molecule has 1 heterocycles. The fourth-order valence-corrected chi connectivity index (χ4v) is 2.38. The fraction of sp³-hybridized carbons (Fsp3) is 0.385. The summed E-state index contributed by atoms with van der Waals surface area (Å²) in [6.07, 6.45) is 1.98. The van der Waals surface area contributed by atoms with Crippen LogP contribution >= 0.6 is 11.6 Å². The van der Waals surface area contributed by atoms with E-state index in [9.17, 15) is 0 Å². The van der Waals surface area contributed by atoms with Crippen molar-refractivity contribution in [3.8, 4) is 0 Å². The average Bonchev–Trinajstić information content (AvgIpc) is 2.94. The third-order valence-electron chi connectivity index (χ3n) is 3.16. The molecule has 0 fully saturated rings.